The zero-order valence-corrected chi connectivity index (χ0v) is 22.2. The van der Waals surface area contributed by atoms with Gasteiger partial charge in [0.15, 0.2) is 0 Å². The molecule has 0 aliphatic heterocycles. The van der Waals surface area contributed by atoms with Gasteiger partial charge in [-0.1, -0.05) is 91.0 Å². The smallest absolute Gasteiger partial charge is 0.235 e. The summed E-state index contributed by atoms with van der Waals surface area (Å²) in [6, 6.07) is 43.2. The van der Waals surface area contributed by atoms with Crippen LogP contribution < -0.4 is 0 Å². The number of hydrogen-bond donors (Lipinski definition) is 0. The van der Waals surface area contributed by atoms with Gasteiger partial charge in [-0.25, -0.2) is 9.97 Å². The third-order valence-electron chi connectivity index (χ3n) is 8.03. The van der Waals surface area contributed by atoms with Crippen molar-refractivity contribution in [1.29, 1.82) is 0 Å². The van der Waals surface area contributed by atoms with Crippen molar-refractivity contribution >= 4 is 75.0 Å². The van der Waals surface area contributed by atoms with E-state index < -0.39 is 0 Å². The summed E-state index contributed by atoms with van der Waals surface area (Å²) in [6.07, 6.45) is 1.96. The number of thiophene rings is 1. The maximum atomic E-state index is 5.14. The minimum absolute atomic E-state index is 0.690. The van der Waals surface area contributed by atoms with Crippen molar-refractivity contribution in [3.63, 3.8) is 0 Å². The second-order valence-electron chi connectivity index (χ2n) is 10.3. The van der Waals surface area contributed by atoms with Crippen LogP contribution in [0.4, 0.5) is 0 Å². The van der Waals surface area contributed by atoms with Crippen molar-refractivity contribution in [2.75, 3.05) is 0 Å². The monoisotopic (exact) mass is 527 g/mol. The van der Waals surface area contributed by atoms with Gasteiger partial charge in [0.1, 0.15) is 0 Å². The molecule has 6 aromatic carbocycles. The van der Waals surface area contributed by atoms with Crippen LogP contribution in [0, 0.1) is 0 Å². The number of fused-ring (bicyclic) bond motifs is 10. The molecule has 3 aromatic heterocycles. The first-order chi connectivity index (χ1) is 19.8. The van der Waals surface area contributed by atoms with Crippen molar-refractivity contribution < 1.29 is 0 Å². The van der Waals surface area contributed by atoms with Gasteiger partial charge in [-0.15, -0.1) is 11.3 Å². The molecule has 0 fully saturated rings. The first-order valence-electron chi connectivity index (χ1n) is 13.4. The molecule has 0 amide bonds. The van der Waals surface area contributed by atoms with Gasteiger partial charge in [-0.2, -0.15) is 0 Å². The fraction of sp³-hybridized carbons (Fsp3) is 0. The number of nitrogens with zero attached hydrogens (tertiary/aromatic N) is 3. The number of benzene rings is 6. The predicted octanol–water partition coefficient (Wildman–Crippen LogP) is 9.91. The summed E-state index contributed by atoms with van der Waals surface area (Å²) in [7, 11) is 0. The maximum absolute atomic E-state index is 5.14. The second kappa shape index (κ2) is 8.22. The van der Waals surface area contributed by atoms with Crippen LogP contribution in [-0.4, -0.2) is 14.5 Å². The van der Waals surface area contributed by atoms with E-state index in [-0.39, 0.29) is 0 Å². The fourth-order valence-electron chi connectivity index (χ4n) is 6.23. The molecule has 0 unspecified atom stereocenters. The molecular formula is C36H21N3S. The second-order valence-corrected chi connectivity index (χ2v) is 11.3. The van der Waals surface area contributed by atoms with Crippen molar-refractivity contribution in [3.8, 4) is 17.1 Å². The average Bonchev–Trinajstić information content (AvgIpc) is 3.57. The van der Waals surface area contributed by atoms with Crippen molar-refractivity contribution in [1.82, 2.24) is 14.5 Å². The lowest BCUT2D eigenvalue weighted by Crippen LogP contribution is -2.01. The predicted molar refractivity (Wildman–Crippen MR) is 170 cm³/mol. The first-order valence-corrected chi connectivity index (χ1v) is 14.2. The molecule has 4 heteroatoms. The quantitative estimate of drug-likeness (QED) is 0.224. The highest BCUT2D eigenvalue weighted by Crippen LogP contribution is 2.43. The minimum atomic E-state index is 0.690. The summed E-state index contributed by atoms with van der Waals surface area (Å²) in [6.45, 7) is 0. The van der Waals surface area contributed by atoms with Crippen LogP contribution in [0.1, 0.15) is 0 Å². The first kappa shape index (κ1) is 21.8. The van der Waals surface area contributed by atoms with Gasteiger partial charge in [0.25, 0.3) is 0 Å². The van der Waals surface area contributed by atoms with Crippen LogP contribution in [-0.2, 0) is 0 Å². The van der Waals surface area contributed by atoms with E-state index >= 15 is 0 Å². The molecule has 3 heterocycles. The molecule has 3 nitrogen and oxygen atoms in total. The summed E-state index contributed by atoms with van der Waals surface area (Å²) in [5.74, 6) is 0.690. The molecule has 0 bridgehead atoms. The lowest BCUT2D eigenvalue weighted by Gasteiger charge is -2.11. The summed E-state index contributed by atoms with van der Waals surface area (Å²) in [5.41, 5.74) is 5.56. The standard InChI is InChI=1S/C36H21N3S/c1-2-8-22(9-3-1)24-15-18-29-25(20-24)21-37-36(38-29)39-30-12-6-4-10-26(30)27-17-14-23-16-19-32-34(33(23)35(27)39)28-11-5-7-13-31(28)40-32/h1-21H. The van der Waals surface area contributed by atoms with Crippen LogP contribution in [0.15, 0.2) is 128 Å². The molecule has 0 atom stereocenters. The Morgan fingerprint density at radius 1 is 0.550 bits per heavy atom. The zero-order chi connectivity index (χ0) is 26.2. The van der Waals surface area contributed by atoms with E-state index in [1.165, 1.54) is 52.8 Å². The maximum Gasteiger partial charge on any atom is 0.235 e. The lowest BCUT2D eigenvalue weighted by molar-refractivity contribution is 1.01. The van der Waals surface area contributed by atoms with Gasteiger partial charge in [0.05, 0.1) is 16.6 Å². The van der Waals surface area contributed by atoms with Gasteiger partial charge in [-0.05, 0) is 46.8 Å². The SMILES string of the molecule is c1ccc(-c2ccc3nc(-n4c5ccccc5c5ccc6ccc7sc8ccccc8c7c6c54)ncc3c2)cc1. The van der Waals surface area contributed by atoms with E-state index in [2.05, 4.69) is 120 Å². The molecular weight excluding hydrogens is 506 g/mol. The molecule has 0 N–H and O–H groups in total. The molecule has 186 valence electrons. The summed E-state index contributed by atoms with van der Waals surface area (Å²) in [4.78, 5) is 10.1. The summed E-state index contributed by atoms with van der Waals surface area (Å²) in [5, 5.41) is 8.54. The van der Waals surface area contributed by atoms with Gasteiger partial charge in [0.2, 0.25) is 5.95 Å². The molecule has 0 saturated heterocycles. The third-order valence-corrected chi connectivity index (χ3v) is 9.17. The topological polar surface area (TPSA) is 30.7 Å². The molecule has 0 aliphatic rings. The Kier molecular flexibility index (Phi) is 4.48. The lowest BCUT2D eigenvalue weighted by atomic mass is 10.0. The Labute approximate surface area is 233 Å². The molecule has 9 rings (SSSR count). The van der Waals surface area contributed by atoms with Crippen molar-refractivity contribution in [3.05, 3.63) is 128 Å². The van der Waals surface area contributed by atoms with Gasteiger partial charge < -0.3 is 0 Å². The molecule has 0 radical (unpaired) electrons. The highest BCUT2D eigenvalue weighted by atomic mass is 32.1. The third kappa shape index (κ3) is 3.05. The van der Waals surface area contributed by atoms with E-state index in [1.54, 1.807) is 0 Å². The summed E-state index contributed by atoms with van der Waals surface area (Å²) < 4.78 is 4.87. The largest absolute Gasteiger partial charge is 0.277 e. The van der Waals surface area contributed by atoms with Crippen molar-refractivity contribution in [2.45, 2.75) is 0 Å². The Morgan fingerprint density at radius 2 is 1.35 bits per heavy atom. The minimum Gasteiger partial charge on any atom is -0.277 e. The van der Waals surface area contributed by atoms with Crippen molar-refractivity contribution in [2.24, 2.45) is 0 Å². The Balaban J connectivity index is 1.39. The van der Waals surface area contributed by atoms with Gasteiger partial charge in [0, 0.05) is 47.9 Å². The molecule has 40 heavy (non-hydrogen) atoms. The molecule has 0 aliphatic carbocycles. The number of para-hydroxylation sites is 1. The van der Waals surface area contributed by atoms with Crippen LogP contribution in [0.2, 0.25) is 0 Å². The Bertz CT molecular complexity index is 2430. The Hall–Kier alpha value is -5.06. The van der Waals surface area contributed by atoms with E-state index in [4.69, 9.17) is 9.97 Å². The molecule has 9 aromatic rings. The van der Waals surface area contributed by atoms with Crippen LogP contribution in [0.3, 0.4) is 0 Å². The van der Waals surface area contributed by atoms with Gasteiger partial charge in [-0.3, -0.25) is 4.57 Å². The van der Waals surface area contributed by atoms with E-state index in [1.807, 2.05) is 23.6 Å². The number of aromatic nitrogens is 3. The summed E-state index contributed by atoms with van der Waals surface area (Å²) >= 11 is 1.85. The zero-order valence-electron chi connectivity index (χ0n) is 21.4. The van der Waals surface area contributed by atoms with Crippen LogP contribution in [0.25, 0.3) is 80.7 Å². The highest BCUT2D eigenvalue weighted by Gasteiger charge is 2.19. The molecule has 0 spiro atoms. The van der Waals surface area contributed by atoms with E-state index in [0.29, 0.717) is 5.95 Å². The average molecular weight is 528 g/mol. The van der Waals surface area contributed by atoms with Crippen LogP contribution in [0.5, 0.6) is 0 Å². The Morgan fingerprint density at radius 3 is 2.27 bits per heavy atom. The number of rotatable bonds is 2. The highest BCUT2D eigenvalue weighted by molar-refractivity contribution is 7.26. The number of hydrogen-bond acceptors (Lipinski definition) is 3. The van der Waals surface area contributed by atoms with Gasteiger partial charge >= 0.3 is 0 Å². The van der Waals surface area contributed by atoms with E-state index in [0.717, 1.165) is 21.9 Å². The van der Waals surface area contributed by atoms with Crippen LogP contribution >= 0.6 is 11.3 Å². The van der Waals surface area contributed by atoms with E-state index in [9.17, 15) is 0 Å². The normalized spacial score (nSPS) is 12.0. The fourth-order valence-corrected chi connectivity index (χ4v) is 7.34. The molecule has 0 saturated carbocycles.